The van der Waals surface area contributed by atoms with Gasteiger partial charge in [-0.3, -0.25) is 4.79 Å². The molecule has 1 amide bonds. The lowest BCUT2D eigenvalue weighted by Gasteiger charge is -2.19. The number of hydrogen-bond acceptors (Lipinski definition) is 2. The summed E-state index contributed by atoms with van der Waals surface area (Å²) in [7, 11) is 0. The van der Waals surface area contributed by atoms with E-state index in [0.717, 1.165) is 5.75 Å². The fourth-order valence-electron chi connectivity index (χ4n) is 2.09. The van der Waals surface area contributed by atoms with E-state index in [4.69, 9.17) is 16.3 Å². The largest absolute Gasteiger partial charge is 0.492 e. The van der Waals surface area contributed by atoms with E-state index in [9.17, 15) is 4.79 Å². The average Bonchev–Trinajstić information content (AvgIpc) is 2.51. The summed E-state index contributed by atoms with van der Waals surface area (Å²) in [6.45, 7) is 7.36. The van der Waals surface area contributed by atoms with E-state index >= 15 is 0 Å². The molecule has 0 spiro atoms. The van der Waals surface area contributed by atoms with Gasteiger partial charge in [0.15, 0.2) is 0 Å². The van der Waals surface area contributed by atoms with Crippen molar-refractivity contribution < 1.29 is 9.53 Å². The first-order valence-corrected chi connectivity index (χ1v) is 8.01. The second-order valence-electron chi connectivity index (χ2n) is 6.39. The Hall–Kier alpha value is -2.00. The SMILES string of the molecule is CC(C)(C)c1cccc(OCCNC(=O)c2ccc(Cl)cc2)c1. The number of hydrogen-bond donors (Lipinski definition) is 1. The first-order valence-electron chi connectivity index (χ1n) is 7.63. The smallest absolute Gasteiger partial charge is 0.251 e. The average molecular weight is 332 g/mol. The number of rotatable bonds is 5. The van der Waals surface area contributed by atoms with Crippen LogP contribution in [0.3, 0.4) is 0 Å². The third-order valence-electron chi connectivity index (χ3n) is 3.46. The molecule has 0 aromatic heterocycles. The quantitative estimate of drug-likeness (QED) is 0.822. The van der Waals surface area contributed by atoms with Gasteiger partial charge in [-0.15, -0.1) is 0 Å². The van der Waals surface area contributed by atoms with Crippen LogP contribution in [-0.4, -0.2) is 19.1 Å². The zero-order valence-corrected chi connectivity index (χ0v) is 14.5. The van der Waals surface area contributed by atoms with Gasteiger partial charge in [0.25, 0.3) is 5.91 Å². The number of carbonyl (C=O) groups is 1. The predicted molar refractivity (Wildman–Crippen MR) is 94.4 cm³/mol. The maximum atomic E-state index is 11.9. The summed E-state index contributed by atoms with van der Waals surface area (Å²) in [5, 5.41) is 3.44. The van der Waals surface area contributed by atoms with Gasteiger partial charge < -0.3 is 10.1 Å². The molecule has 0 aliphatic carbocycles. The van der Waals surface area contributed by atoms with Crippen LogP contribution in [0.5, 0.6) is 5.75 Å². The molecule has 0 unspecified atom stereocenters. The summed E-state index contributed by atoms with van der Waals surface area (Å²) in [6.07, 6.45) is 0. The number of benzene rings is 2. The lowest BCUT2D eigenvalue weighted by atomic mass is 9.87. The van der Waals surface area contributed by atoms with Gasteiger partial charge >= 0.3 is 0 Å². The molecule has 0 fully saturated rings. The van der Waals surface area contributed by atoms with Crippen LogP contribution in [0.15, 0.2) is 48.5 Å². The third-order valence-corrected chi connectivity index (χ3v) is 3.71. The van der Waals surface area contributed by atoms with Gasteiger partial charge in [-0.1, -0.05) is 44.5 Å². The van der Waals surface area contributed by atoms with E-state index in [-0.39, 0.29) is 11.3 Å². The van der Waals surface area contributed by atoms with E-state index in [1.54, 1.807) is 24.3 Å². The molecule has 23 heavy (non-hydrogen) atoms. The van der Waals surface area contributed by atoms with Gasteiger partial charge in [0.05, 0.1) is 6.54 Å². The van der Waals surface area contributed by atoms with Crippen LogP contribution in [-0.2, 0) is 5.41 Å². The standard InChI is InChI=1S/C19H22ClNO2/c1-19(2,3)15-5-4-6-17(13-15)23-12-11-21-18(22)14-7-9-16(20)10-8-14/h4-10,13H,11-12H2,1-3H3,(H,21,22). The Balaban J connectivity index is 1.81. The highest BCUT2D eigenvalue weighted by molar-refractivity contribution is 6.30. The Morgan fingerprint density at radius 3 is 2.48 bits per heavy atom. The van der Waals surface area contributed by atoms with Gasteiger partial charge in [0.2, 0.25) is 0 Å². The first-order chi connectivity index (χ1) is 10.9. The molecule has 122 valence electrons. The van der Waals surface area contributed by atoms with Crippen molar-refractivity contribution in [2.75, 3.05) is 13.2 Å². The molecule has 0 saturated heterocycles. The molecule has 2 aromatic carbocycles. The molecule has 0 radical (unpaired) electrons. The molecule has 0 saturated carbocycles. The highest BCUT2D eigenvalue weighted by Gasteiger charge is 2.13. The van der Waals surface area contributed by atoms with E-state index in [2.05, 4.69) is 32.2 Å². The van der Waals surface area contributed by atoms with Crippen molar-refractivity contribution >= 4 is 17.5 Å². The zero-order valence-electron chi connectivity index (χ0n) is 13.7. The molecular weight excluding hydrogens is 310 g/mol. The van der Waals surface area contributed by atoms with E-state index in [1.165, 1.54) is 5.56 Å². The van der Waals surface area contributed by atoms with Crippen molar-refractivity contribution in [3.63, 3.8) is 0 Å². The van der Waals surface area contributed by atoms with E-state index in [0.29, 0.717) is 23.7 Å². The fourth-order valence-corrected chi connectivity index (χ4v) is 2.22. The van der Waals surface area contributed by atoms with E-state index in [1.807, 2.05) is 18.2 Å². The number of amides is 1. The molecule has 4 heteroatoms. The van der Waals surface area contributed by atoms with Crippen LogP contribution in [0.2, 0.25) is 5.02 Å². The monoisotopic (exact) mass is 331 g/mol. The number of nitrogens with one attached hydrogen (secondary N) is 1. The normalized spacial score (nSPS) is 11.1. The van der Waals surface area contributed by atoms with Crippen molar-refractivity contribution in [3.8, 4) is 5.75 Å². The topological polar surface area (TPSA) is 38.3 Å². The van der Waals surface area contributed by atoms with Crippen molar-refractivity contribution in [2.45, 2.75) is 26.2 Å². The second kappa shape index (κ2) is 7.51. The van der Waals surface area contributed by atoms with Crippen molar-refractivity contribution in [2.24, 2.45) is 0 Å². The van der Waals surface area contributed by atoms with Crippen molar-refractivity contribution in [1.29, 1.82) is 0 Å². The number of halogens is 1. The van der Waals surface area contributed by atoms with Gasteiger partial charge in [-0.2, -0.15) is 0 Å². The van der Waals surface area contributed by atoms with Crippen LogP contribution in [0.1, 0.15) is 36.7 Å². The van der Waals surface area contributed by atoms with Gasteiger partial charge in [0.1, 0.15) is 12.4 Å². The second-order valence-corrected chi connectivity index (χ2v) is 6.83. The maximum Gasteiger partial charge on any atom is 0.251 e. The Labute approximate surface area is 142 Å². The zero-order chi connectivity index (χ0) is 16.9. The molecule has 0 atom stereocenters. The third kappa shape index (κ3) is 5.29. The molecule has 0 heterocycles. The van der Waals surface area contributed by atoms with Gasteiger partial charge in [0, 0.05) is 10.6 Å². The fraction of sp³-hybridized carbons (Fsp3) is 0.316. The minimum absolute atomic E-state index is 0.0855. The molecular formula is C19H22ClNO2. The summed E-state index contributed by atoms with van der Waals surface area (Å²) in [4.78, 5) is 11.9. The van der Waals surface area contributed by atoms with Crippen LogP contribution in [0.4, 0.5) is 0 Å². The van der Waals surface area contributed by atoms with Crippen LogP contribution in [0, 0.1) is 0 Å². The Bertz CT molecular complexity index is 660. The maximum absolute atomic E-state index is 11.9. The van der Waals surface area contributed by atoms with E-state index < -0.39 is 0 Å². The Kier molecular flexibility index (Phi) is 5.67. The Morgan fingerprint density at radius 1 is 1.13 bits per heavy atom. The van der Waals surface area contributed by atoms with Gasteiger partial charge in [-0.25, -0.2) is 0 Å². The summed E-state index contributed by atoms with van der Waals surface area (Å²) >= 11 is 5.80. The number of ether oxygens (including phenoxy) is 1. The summed E-state index contributed by atoms with van der Waals surface area (Å²) in [5.74, 6) is 0.687. The van der Waals surface area contributed by atoms with Crippen LogP contribution in [0.25, 0.3) is 0 Å². The lowest BCUT2D eigenvalue weighted by molar-refractivity contribution is 0.0947. The minimum atomic E-state index is -0.131. The van der Waals surface area contributed by atoms with Crippen LogP contribution < -0.4 is 10.1 Å². The number of carbonyl (C=O) groups excluding carboxylic acids is 1. The highest BCUT2D eigenvalue weighted by atomic mass is 35.5. The predicted octanol–water partition coefficient (Wildman–Crippen LogP) is 4.45. The van der Waals surface area contributed by atoms with Crippen LogP contribution >= 0.6 is 11.6 Å². The molecule has 0 aliphatic heterocycles. The molecule has 2 aromatic rings. The first kappa shape index (κ1) is 17.4. The van der Waals surface area contributed by atoms with Crippen molar-refractivity contribution in [3.05, 3.63) is 64.7 Å². The molecule has 0 bridgehead atoms. The molecule has 0 aliphatic rings. The van der Waals surface area contributed by atoms with Gasteiger partial charge in [-0.05, 0) is 47.4 Å². The summed E-state index contributed by atoms with van der Waals surface area (Å²) in [6, 6.07) is 14.8. The lowest BCUT2D eigenvalue weighted by Crippen LogP contribution is -2.28. The van der Waals surface area contributed by atoms with Crippen molar-refractivity contribution in [1.82, 2.24) is 5.32 Å². The minimum Gasteiger partial charge on any atom is -0.492 e. The highest BCUT2D eigenvalue weighted by Crippen LogP contribution is 2.25. The molecule has 3 nitrogen and oxygen atoms in total. The summed E-state index contributed by atoms with van der Waals surface area (Å²) in [5.41, 5.74) is 1.90. The Morgan fingerprint density at radius 2 is 1.83 bits per heavy atom. The summed E-state index contributed by atoms with van der Waals surface area (Å²) < 4.78 is 5.71. The molecule has 2 rings (SSSR count). The molecule has 1 N–H and O–H groups in total.